The Morgan fingerprint density at radius 2 is 1.88 bits per heavy atom. The molecule has 24 heavy (non-hydrogen) atoms. The van der Waals surface area contributed by atoms with Gasteiger partial charge in [0.1, 0.15) is 12.7 Å². The lowest BCUT2D eigenvalue weighted by Gasteiger charge is -2.07. The quantitative estimate of drug-likeness (QED) is 0.695. The number of nitrogens with zero attached hydrogens (tertiary/aromatic N) is 4. The summed E-state index contributed by atoms with van der Waals surface area (Å²) in [6.45, 7) is 0.241. The molecule has 0 saturated heterocycles. The standard InChI is InChI=1S/C16H14N6O2/c23-15(19-9-12-2-1-7-17-8-12)16(24)21-13-3-5-14(6-4-13)22-11-18-10-20-22/h1-8,10-11H,9H2,(H,19,23)(H,21,24). The fourth-order valence-corrected chi connectivity index (χ4v) is 1.99. The SMILES string of the molecule is O=C(NCc1cccnc1)C(=O)Nc1ccc(-n2cncn2)cc1. The molecule has 8 heteroatoms. The zero-order valence-corrected chi connectivity index (χ0v) is 12.6. The topological polar surface area (TPSA) is 102 Å². The van der Waals surface area contributed by atoms with Crippen LogP contribution in [0.2, 0.25) is 0 Å². The van der Waals surface area contributed by atoms with Gasteiger partial charge < -0.3 is 10.6 Å². The minimum Gasteiger partial charge on any atom is -0.344 e. The van der Waals surface area contributed by atoms with Gasteiger partial charge in [0.2, 0.25) is 0 Å². The summed E-state index contributed by atoms with van der Waals surface area (Å²) in [5.74, 6) is -1.44. The molecular formula is C16H14N6O2. The summed E-state index contributed by atoms with van der Waals surface area (Å²) in [7, 11) is 0. The summed E-state index contributed by atoms with van der Waals surface area (Å²) in [5, 5.41) is 9.09. The molecule has 2 aromatic heterocycles. The number of amides is 2. The Hall–Kier alpha value is -3.55. The highest BCUT2D eigenvalue weighted by atomic mass is 16.2. The Morgan fingerprint density at radius 3 is 2.54 bits per heavy atom. The van der Waals surface area contributed by atoms with E-state index in [1.54, 1.807) is 53.7 Å². The Kier molecular flexibility index (Phi) is 4.57. The Labute approximate surface area is 137 Å². The molecule has 0 radical (unpaired) electrons. The highest BCUT2D eigenvalue weighted by Crippen LogP contribution is 2.12. The van der Waals surface area contributed by atoms with E-state index in [-0.39, 0.29) is 6.54 Å². The molecule has 0 aliphatic rings. The zero-order valence-electron chi connectivity index (χ0n) is 12.6. The van der Waals surface area contributed by atoms with Crippen LogP contribution in [0, 0.1) is 0 Å². The first-order chi connectivity index (χ1) is 11.7. The molecule has 0 fully saturated rings. The third kappa shape index (κ3) is 3.80. The molecule has 2 heterocycles. The number of hydrogen-bond donors (Lipinski definition) is 2. The van der Waals surface area contributed by atoms with Gasteiger partial charge in [-0.2, -0.15) is 5.10 Å². The van der Waals surface area contributed by atoms with Crippen LogP contribution in [-0.4, -0.2) is 31.6 Å². The lowest BCUT2D eigenvalue weighted by Crippen LogP contribution is -2.34. The molecule has 2 N–H and O–H groups in total. The number of anilines is 1. The Bertz CT molecular complexity index is 816. The van der Waals surface area contributed by atoms with E-state index in [1.807, 2.05) is 6.07 Å². The van der Waals surface area contributed by atoms with E-state index in [1.165, 1.54) is 6.33 Å². The van der Waals surface area contributed by atoms with Crippen LogP contribution in [0.4, 0.5) is 5.69 Å². The molecule has 2 amide bonds. The van der Waals surface area contributed by atoms with Crippen LogP contribution in [0.1, 0.15) is 5.56 Å². The van der Waals surface area contributed by atoms with Crippen molar-refractivity contribution in [1.29, 1.82) is 0 Å². The van der Waals surface area contributed by atoms with Crippen LogP contribution in [0.3, 0.4) is 0 Å². The first-order valence-electron chi connectivity index (χ1n) is 7.15. The number of aromatic nitrogens is 4. The fourth-order valence-electron chi connectivity index (χ4n) is 1.99. The summed E-state index contributed by atoms with van der Waals surface area (Å²) in [6.07, 6.45) is 6.27. The van der Waals surface area contributed by atoms with Crippen molar-refractivity contribution in [3.8, 4) is 5.69 Å². The van der Waals surface area contributed by atoms with Crippen LogP contribution < -0.4 is 10.6 Å². The summed E-state index contributed by atoms with van der Waals surface area (Å²) < 4.78 is 1.59. The van der Waals surface area contributed by atoms with Gasteiger partial charge in [-0.05, 0) is 35.9 Å². The molecule has 0 saturated carbocycles. The van der Waals surface area contributed by atoms with Gasteiger partial charge in [-0.25, -0.2) is 9.67 Å². The van der Waals surface area contributed by atoms with Crippen molar-refractivity contribution in [1.82, 2.24) is 25.1 Å². The second-order valence-corrected chi connectivity index (χ2v) is 4.89. The largest absolute Gasteiger partial charge is 0.344 e. The predicted molar refractivity (Wildman–Crippen MR) is 86.1 cm³/mol. The van der Waals surface area contributed by atoms with Gasteiger partial charge in [0.15, 0.2) is 0 Å². The third-order valence-corrected chi connectivity index (χ3v) is 3.19. The van der Waals surface area contributed by atoms with E-state index in [0.29, 0.717) is 5.69 Å². The average molecular weight is 322 g/mol. The molecule has 0 unspecified atom stereocenters. The van der Waals surface area contributed by atoms with E-state index in [0.717, 1.165) is 11.3 Å². The highest BCUT2D eigenvalue weighted by Gasteiger charge is 2.13. The number of carbonyl (C=O) groups excluding carboxylic acids is 2. The van der Waals surface area contributed by atoms with E-state index in [9.17, 15) is 9.59 Å². The lowest BCUT2D eigenvalue weighted by molar-refractivity contribution is -0.136. The maximum atomic E-state index is 11.9. The van der Waals surface area contributed by atoms with Gasteiger partial charge >= 0.3 is 11.8 Å². The van der Waals surface area contributed by atoms with Crippen LogP contribution in [0.5, 0.6) is 0 Å². The van der Waals surface area contributed by atoms with E-state index >= 15 is 0 Å². The second-order valence-electron chi connectivity index (χ2n) is 4.89. The molecule has 120 valence electrons. The van der Waals surface area contributed by atoms with E-state index < -0.39 is 11.8 Å². The number of carbonyl (C=O) groups is 2. The van der Waals surface area contributed by atoms with Crippen LogP contribution >= 0.6 is 0 Å². The minimum atomic E-state index is -0.729. The average Bonchev–Trinajstić information content (AvgIpc) is 3.16. The first kappa shape index (κ1) is 15.3. The monoisotopic (exact) mass is 322 g/mol. The zero-order chi connectivity index (χ0) is 16.8. The first-order valence-corrected chi connectivity index (χ1v) is 7.15. The van der Waals surface area contributed by atoms with Crippen molar-refractivity contribution in [3.63, 3.8) is 0 Å². The molecule has 0 bridgehead atoms. The van der Waals surface area contributed by atoms with E-state index in [2.05, 4.69) is 25.7 Å². The van der Waals surface area contributed by atoms with Gasteiger partial charge in [0, 0.05) is 24.6 Å². The molecule has 8 nitrogen and oxygen atoms in total. The summed E-state index contributed by atoms with van der Waals surface area (Å²) in [6, 6.07) is 10.5. The van der Waals surface area contributed by atoms with Gasteiger partial charge in [0.25, 0.3) is 0 Å². The lowest BCUT2D eigenvalue weighted by atomic mass is 10.2. The minimum absolute atomic E-state index is 0.241. The van der Waals surface area contributed by atoms with Crippen LogP contribution in [-0.2, 0) is 16.1 Å². The van der Waals surface area contributed by atoms with Crippen molar-refractivity contribution in [2.24, 2.45) is 0 Å². The Morgan fingerprint density at radius 1 is 1.04 bits per heavy atom. The summed E-state index contributed by atoms with van der Waals surface area (Å²) in [5.41, 5.74) is 2.13. The number of nitrogens with one attached hydrogen (secondary N) is 2. The Balaban J connectivity index is 1.55. The molecule has 3 aromatic rings. The van der Waals surface area contributed by atoms with Crippen LogP contribution in [0.15, 0.2) is 61.4 Å². The molecule has 0 aliphatic heterocycles. The van der Waals surface area contributed by atoms with Crippen molar-refractivity contribution < 1.29 is 9.59 Å². The summed E-state index contributed by atoms with van der Waals surface area (Å²) in [4.78, 5) is 31.5. The molecule has 1 aromatic carbocycles. The van der Waals surface area contributed by atoms with Gasteiger partial charge in [-0.3, -0.25) is 14.6 Å². The summed E-state index contributed by atoms with van der Waals surface area (Å²) >= 11 is 0. The van der Waals surface area contributed by atoms with Gasteiger partial charge in [-0.15, -0.1) is 0 Å². The van der Waals surface area contributed by atoms with Gasteiger partial charge in [-0.1, -0.05) is 6.07 Å². The maximum absolute atomic E-state index is 11.9. The molecule has 3 rings (SSSR count). The van der Waals surface area contributed by atoms with Crippen molar-refractivity contribution in [2.45, 2.75) is 6.54 Å². The molecule has 0 atom stereocenters. The highest BCUT2D eigenvalue weighted by molar-refractivity contribution is 6.39. The second kappa shape index (κ2) is 7.14. The van der Waals surface area contributed by atoms with Crippen molar-refractivity contribution >= 4 is 17.5 Å². The number of benzene rings is 1. The molecular weight excluding hydrogens is 308 g/mol. The predicted octanol–water partition coefficient (Wildman–Crippen LogP) is 0.917. The van der Waals surface area contributed by atoms with Crippen molar-refractivity contribution in [3.05, 3.63) is 67.0 Å². The fraction of sp³-hybridized carbons (Fsp3) is 0.0625. The third-order valence-electron chi connectivity index (χ3n) is 3.19. The maximum Gasteiger partial charge on any atom is 0.313 e. The smallest absolute Gasteiger partial charge is 0.313 e. The normalized spacial score (nSPS) is 10.2. The van der Waals surface area contributed by atoms with E-state index in [4.69, 9.17) is 0 Å². The van der Waals surface area contributed by atoms with Gasteiger partial charge in [0.05, 0.1) is 5.69 Å². The number of rotatable bonds is 4. The van der Waals surface area contributed by atoms with Crippen LogP contribution in [0.25, 0.3) is 5.69 Å². The molecule has 0 aliphatic carbocycles. The molecule has 0 spiro atoms. The van der Waals surface area contributed by atoms with Crippen molar-refractivity contribution in [2.75, 3.05) is 5.32 Å². The number of pyridine rings is 1. The number of hydrogen-bond acceptors (Lipinski definition) is 5.